The van der Waals surface area contributed by atoms with Crippen LogP contribution in [0.3, 0.4) is 0 Å². The Morgan fingerprint density at radius 1 is 1.29 bits per heavy atom. The second kappa shape index (κ2) is 12.3. The van der Waals surface area contributed by atoms with Crippen LogP contribution in [-0.4, -0.2) is 51.3 Å². The maximum atomic E-state index is 5.05. The summed E-state index contributed by atoms with van der Waals surface area (Å²) in [5.74, 6) is 1.91. The third-order valence-electron chi connectivity index (χ3n) is 3.99. The van der Waals surface area contributed by atoms with E-state index in [1.165, 1.54) is 24.8 Å². The second-order valence-electron chi connectivity index (χ2n) is 5.77. The number of rotatable bonds is 7. The minimum atomic E-state index is 0. The highest BCUT2D eigenvalue weighted by atomic mass is 127. The molecule has 0 aliphatic carbocycles. The van der Waals surface area contributed by atoms with E-state index in [1.807, 2.05) is 6.20 Å². The van der Waals surface area contributed by atoms with Crippen molar-refractivity contribution in [3.63, 3.8) is 0 Å². The largest absolute Gasteiger partial charge is 0.385 e. The van der Waals surface area contributed by atoms with Gasteiger partial charge < -0.3 is 20.3 Å². The molecule has 0 unspecified atom stereocenters. The highest BCUT2D eigenvalue weighted by molar-refractivity contribution is 14.0. The Morgan fingerprint density at radius 2 is 2.08 bits per heavy atom. The van der Waals surface area contributed by atoms with Crippen LogP contribution in [0.4, 0.5) is 5.82 Å². The second-order valence-corrected chi connectivity index (χ2v) is 5.77. The van der Waals surface area contributed by atoms with E-state index in [2.05, 4.69) is 37.6 Å². The average Bonchev–Trinajstić information content (AvgIpc) is 2.62. The monoisotopic (exact) mass is 447 g/mol. The Balaban J connectivity index is 0.00000288. The number of hydrogen-bond acceptors (Lipinski definition) is 4. The number of methoxy groups -OCH3 is 1. The van der Waals surface area contributed by atoms with Crippen molar-refractivity contribution >= 4 is 35.8 Å². The Bertz CT molecular complexity index is 492. The van der Waals surface area contributed by atoms with Gasteiger partial charge in [0.1, 0.15) is 5.82 Å². The predicted octanol–water partition coefficient (Wildman–Crippen LogP) is 2.39. The Kier molecular flexibility index (Phi) is 10.7. The number of aliphatic imine (C=N–C) groups is 1. The molecule has 2 heterocycles. The number of anilines is 1. The van der Waals surface area contributed by atoms with E-state index in [0.717, 1.165) is 51.0 Å². The molecule has 2 rings (SSSR count). The normalized spacial score (nSPS) is 14.9. The molecule has 7 heteroatoms. The first-order chi connectivity index (χ1) is 11.3. The van der Waals surface area contributed by atoms with Crippen LogP contribution in [0.5, 0.6) is 0 Å². The molecule has 1 aliphatic rings. The molecule has 0 bridgehead atoms. The predicted molar refractivity (Wildman–Crippen MR) is 110 cm³/mol. The zero-order chi connectivity index (χ0) is 16.3. The summed E-state index contributed by atoms with van der Waals surface area (Å²) in [6.07, 6.45) is 6.73. The van der Waals surface area contributed by atoms with Gasteiger partial charge in [0.2, 0.25) is 0 Å². The Hall–Kier alpha value is -1.09. The van der Waals surface area contributed by atoms with Crippen LogP contribution in [-0.2, 0) is 11.3 Å². The van der Waals surface area contributed by atoms with Crippen LogP contribution >= 0.6 is 24.0 Å². The summed E-state index contributed by atoms with van der Waals surface area (Å²) in [7, 11) is 3.51. The molecule has 0 aromatic carbocycles. The lowest BCUT2D eigenvalue weighted by molar-refractivity contribution is 0.195. The number of nitrogens with one attached hydrogen (secondary N) is 2. The SMILES string of the molecule is CN=C(NCCCOC)NCc1ccnc(N2CCCCC2)c1.I. The van der Waals surface area contributed by atoms with E-state index in [9.17, 15) is 0 Å². The molecule has 1 aromatic rings. The summed E-state index contributed by atoms with van der Waals surface area (Å²) >= 11 is 0. The quantitative estimate of drug-likeness (QED) is 0.291. The van der Waals surface area contributed by atoms with Crippen LogP contribution in [0.25, 0.3) is 0 Å². The van der Waals surface area contributed by atoms with E-state index in [-0.39, 0.29) is 24.0 Å². The highest BCUT2D eigenvalue weighted by Gasteiger charge is 2.12. The minimum Gasteiger partial charge on any atom is -0.385 e. The molecule has 136 valence electrons. The van der Waals surface area contributed by atoms with Gasteiger partial charge in [0.25, 0.3) is 0 Å². The number of pyridine rings is 1. The van der Waals surface area contributed by atoms with Crippen molar-refractivity contribution in [1.82, 2.24) is 15.6 Å². The summed E-state index contributed by atoms with van der Waals surface area (Å²) in [4.78, 5) is 11.1. The van der Waals surface area contributed by atoms with Crippen LogP contribution in [0.15, 0.2) is 23.3 Å². The summed E-state index contributed by atoms with van der Waals surface area (Å²) in [5, 5.41) is 6.63. The molecule has 0 spiro atoms. The third-order valence-corrected chi connectivity index (χ3v) is 3.99. The molecule has 0 radical (unpaired) electrons. The highest BCUT2D eigenvalue weighted by Crippen LogP contribution is 2.18. The van der Waals surface area contributed by atoms with E-state index in [1.54, 1.807) is 14.2 Å². The number of ether oxygens (including phenoxy) is 1. The van der Waals surface area contributed by atoms with E-state index < -0.39 is 0 Å². The number of piperidine rings is 1. The molecule has 0 saturated carbocycles. The molecule has 6 nitrogen and oxygen atoms in total. The third kappa shape index (κ3) is 7.21. The van der Waals surface area contributed by atoms with Crippen molar-refractivity contribution < 1.29 is 4.74 Å². The first-order valence-electron chi connectivity index (χ1n) is 8.47. The minimum absolute atomic E-state index is 0. The number of guanidine groups is 1. The molecule has 1 fully saturated rings. The first kappa shape index (κ1) is 21.0. The van der Waals surface area contributed by atoms with E-state index in [0.29, 0.717) is 0 Å². The van der Waals surface area contributed by atoms with Gasteiger partial charge >= 0.3 is 0 Å². The molecular formula is C17H30IN5O. The van der Waals surface area contributed by atoms with Crippen molar-refractivity contribution in [3.05, 3.63) is 23.9 Å². The fourth-order valence-electron chi connectivity index (χ4n) is 2.70. The van der Waals surface area contributed by atoms with Crippen LogP contribution in [0.1, 0.15) is 31.2 Å². The lowest BCUT2D eigenvalue weighted by Gasteiger charge is -2.28. The topological polar surface area (TPSA) is 61.8 Å². The summed E-state index contributed by atoms with van der Waals surface area (Å²) < 4.78 is 5.05. The van der Waals surface area contributed by atoms with Gasteiger partial charge in [0.05, 0.1) is 0 Å². The van der Waals surface area contributed by atoms with E-state index >= 15 is 0 Å². The molecule has 1 aliphatic heterocycles. The van der Waals surface area contributed by atoms with Gasteiger partial charge in [-0.3, -0.25) is 4.99 Å². The fraction of sp³-hybridized carbons (Fsp3) is 0.647. The van der Waals surface area contributed by atoms with Crippen molar-refractivity contribution in [1.29, 1.82) is 0 Å². The Morgan fingerprint density at radius 3 is 2.79 bits per heavy atom. The first-order valence-corrected chi connectivity index (χ1v) is 8.47. The van der Waals surface area contributed by atoms with E-state index in [4.69, 9.17) is 4.74 Å². The van der Waals surface area contributed by atoms with Gasteiger partial charge in [-0.05, 0) is 43.4 Å². The van der Waals surface area contributed by atoms with Gasteiger partial charge in [-0.2, -0.15) is 0 Å². The average molecular weight is 447 g/mol. The zero-order valence-electron chi connectivity index (χ0n) is 14.8. The van der Waals surface area contributed by atoms with Crippen LogP contribution in [0.2, 0.25) is 0 Å². The number of aromatic nitrogens is 1. The van der Waals surface area contributed by atoms with Gasteiger partial charge in [0.15, 0.2) is 5.96 Å². The molecule has 24 heavy (non-hydrogen) atoms. The number of halogens is 1. The van der Waals surface area contributed by atoms with Gasteiger partial charge in [-0.15, -0.1) is 24.0 Å². The van der Waals surface area contributed by atoms with Crippen LogP contribution in [0, 0.1) is 0 Å². The van der Waals surface area contributed by atoms with Crippen molar-refractivity contribution in [2.75, 3.05) is 45.3 Å². The molecule has 1 aromatic heterocycles. The summed E-state index contributed by atoms with van der Waals surface area (Å²) in [6.45, 7) is 4.59. The molecule has 1 saturated heterocycles. The lowest BCUT2D eigenvalue weighted by atomic mass is 10.1. The Labute approximate surface area is 162 Å². The smallest absolute Gasteiger partial charge is 0.191 e. The number of nitrogens with zero attached hydrogens (tertiary/aromatic N) is 3. The van der Waals surface area contributed by atoms with Gasteiger partial charge in [-0.25, -0.2) is 4.98 Å². The lowest BCUT2D eigenvalue weighted by Crippen LogP contribution is -2.37. The molecule has 2 N–H and O–H groups in total. The van der Waals surface area contributed by atoms with Gasteiger partial charge in [-0.1, -0.05) is 0 Å². The summed E-state index contributed by atoms with van der Waals surface area (Å²) in [6, 6.07) is 4.23. The van der Waals surface area contributed by atoms with Crippen molar-refractivity contribution in [2.45, 2.75) is 32.2 Å². The number of hydrogen-bond donors (Lipinski definition) is 2. The molecular weight excluding hydrogens is 417 g/mol. The van der Waals surface area contributed by atoms with Crippen molar-refractivity contribution in [3.8, 4) is 0 Å². The van der Waals surface area contributed by atoms with Crippen molar-refractivity contribution in [2.24, 2.45) is 4.99 Å². The maximum absolute atomic E-state index is 5.05. The van der Waals surface area contributed by atoms with Gasteiger partial charge in [0, 0.05) is 53.1 Å². The molecule has 0 amide bonds. The zero-order valence-corrected chi connectivity index (χ0v) is 17.1. The standard InChI is InChI=1S/C17H29N5O.HI/c1-18-17(20-8-6-12-23-2)21-14-15-7-9-19-16(13-15)22-10-4-3-5-11-22;/h7,9,13H,3-6,8,10-12,14H2,1-2H3,(H2,18,20,21);1H. The fourth-order valence-corrected chi connectivity index (χ4v) is 2.70. The van der Waals surface area contributed by atoms with Crippen LogP contribution < -0.4 is 15.5 Å². The summed E-state index contributed by atoms with van der Waals surface area (Å²) in [5.41, 5.74) is 1.22. The maximum Gasteiger partial charge on any atom is 0.191 e. The molecule has 0 atom stereocenters.